The van der Waals surface area contributed by atoms with Crippen LogP contribution in [0.2, 0.25) is 0 Å². The third-order valence-corrected chi connectivity index (χ3v) is 7.84. The van der Waals surface area contributed by atoms with E-state index in [-0.39, 0.29) is 17.6 Å². The van der Waals surface area contributed by atoms with Gasteiger partial charge in [0, 0.05) is 19.0 Å². The Morgan fingerprint density at radius 2 is 1.79 bits per heavy atom. The summed E-state index contributed by atoms with van der Waals surface area (Å²) in [4.78, 5) is 12.9. The first-order chi connectivity index (χ1) is 13.8. The Morgan fingerprint density at radius 3 is 2.52 bits per heavy atom. The Bertz CT molecular complexity index is 1040. The number of phenols is 1. The highest BCUT2D eigenvalue weighted by Crippen LogP contribution is 2.30. The van der Waals surface area contributed by atoms with Crippen LogP contribution in [0.25, 0.3) is 0 Å². The van der Waals surface area contributed by atoms with E-state index in [1.165, 1.54) is 9.87 Å². The molecule has 0 radical (unpaired) electrons. The van der Waals surface area contributed by atoms with E-state index < -0.39 is 10.0 Å². The minimum Gasteiger partial charge on any atom is -0.506 e. The van der Waals surface area contributed by atoms with Gasteiger partial charge < -0.3 is 10.4 Å². The molecule has 1 aliphatic carbocycles. The van der Waals surface area contributed by atoms with Crippen molar-refractivity contribution in [1.29, 1.82) is 0 Å². The van der Waals surface area contributed by atoms with E-state index in [0.29, 0.717) is 36.5 Å². The minimum atomic E-state index is -3.54. The maximum Gasteiger partial charge on any atom is 0.243 e. The molecule has 0 bridgehead atoms. The van der Waals surface area contributed by atoms with Crippen LogP contribution < -0.4 is 5.32 Å². The molecule has 1 aliphatic heterocycles. The number of hydrogen-bond acceptors (Lipinski definition) is 4. The first-order valence-corrected chi connectivity index (χ1v) is 11.5. The zero-order chi connectivity index (χ0) is 20.6. The third-order valence-electron chi connectivity index (χ3n) is 5.94. The number of nitrogens with zero attached hydrogens (tertiary/aromatic N) is 1. The monoisotopic (exact) mass is 414 g/mol. The van der Waals surface area contributed by atoms with Crippen molar-refractivity contribution in [1.82, 2.24) is 4.31 Å². The van der Waals surface area contributed by atoms with Gasteiger partial charge in [-0.3, -0.25) is 4.79 Å². The number of aromatic hydroxyl groups is 1. The molecule has 0 unspecified atom stereocenters. The standard InChI is InChI=1S/C22H26N2O4S/c1-15-5-8-20(21(25)13-15)23-22(26)17-9-11-24(12-10-17)29(27,28)19-7-6-16-3-2-4-18(16)14-19/h5-8,13-14,17,25H,2-4,9-12H2,1H3,(H,23,26). The molecule has 2 N–H and O–H groups in total. The molecule has 2 aliphatic rings. The number of anilines is 1. The van der Waals surface area contributed by atoms with Crippen LogP contribution in [0.5, 0.6) is 5.75 Å². The predicted molar refractivity (Wildman–Crippen MR) is 111 cm³/mol. The Kier molecular flexibility index (Phi) is 5.36. The first kappa shape index (κ1) is 19.9. The number of carbonyl (C=O) groups excluding carboxylic acids is 1. The molecule has 0 aromatic heterocycles. The van der Waals surface area contributed by atoms with Crippen LogP contribution in [-0.2, 0) is 27.7 Å². The minimum absolute atomic E-state index is 0.0370. The second-order valence-corrected chi connectivity index (χ2v) is 9.91. The molecular weight excluding hydrogens is 388 g/mol. The molecule has 29 heavy (non-hydrogen) atoms. The highest BCUT2D eigenvalue weighted by Gasteiger charge is 2.32. The summed E-state index contributed by atoms with van der Waals surface area (Å²) in [5.74, 6) is -0.420. The summed E-state index contributed by atoms with van der Waals surface area (Å²) in [7, 11) is -3.54. The number of piperidine rings is 1. The van der Waals surface area contributed by atoms with E-state index >= 15 is 0 Å². The number of carbonyl (C=O) groups is 1. The van der Waals surface area contributed by atoms with Crippen LogP contribution in [-0.4, -0.2) is 36.8 Å². The van der Waals surface area contributed by atoms with Crippen LogP contribution in [0.4, 0.5) is 5.69 Å². The molecular formula is C22H26N2O4S. The van der Waals surface area contributed by atoms with E-state index in [2.05, 4.69) is 5.32 Å². The third kappa shape index (κ3) is 4.02. The average molecular weight is 415 g/mol. The molecule has 154 valence electrons. The SMILES string of the molecule is Cc1ccc(NC(=O)C2CCN(S(=O)(=O)c3ccc4c(c3)CCC4)CC2)c(O)c1. The van der Waals surface area contributed by atoms with Crippen LogP contribution in [0.1, 0.15) is 36.0 Å². The van der Waals surface area contributed by atoms with E-state index in [0.717, 1.165) is 30.4 Å². The normalized spacial score (nSPS) is 17.8. The molecule has 7 heteroatoms. The fraction of sp³-hybridized carbons (Fsp3) is 0.409. The first-order valence-electron chi connectivity index (χ1n) is 10.1. The summed E-state index contributed by atoms with van der Waals surface area (Å²) in [6.07, 6.45) is 3.96. The van der Waals surface area contributed by atoms with Crippen molar-refractivity contribution in [2.45, 2.75) is 43.9 Å². The maximum atomic E-state index is 13.0. The fourth-order valence-corrected chi connectivity index (χ4v) is 5.72. The van der Waals surface area contributed by atoms with Gasteiger partial charge in [0.1, 0.15) is 5.75 Å². The summed E-state index contributed by atoms with van der Waals surface area (Å²) in [6, 6.07) is 10.6. The molecule has 4 rings (SSSR count). The molecule has 2 aromatic carbocycles. The molecule has 1 fully saturated rings. The Morgan fingerprint density at radius 1 is 1.07 bits per heavy atom. The number of rotatable bonds is 4. The van der Waals surface area contributed by atoms with Crippen LogP contribution in [0, 0.1) is 12.8 Å². The Balaban J connectivity index is 1.40. The Hall–Kier alpha value is -2.38. The van der Waals surface area contributed by atoms with Gasteiger partial charge >= 0.3 is 0 Å². The second-order valence-electron chi connectivity index (χ2n) is 7.97. The Labute approximate surface area is 171 Å². The number of sulfonamides is 1. The molecule has 0 atom stereocenters. The van der Waals surface area contributed by atoms with Crippen LogP contribution in [0.3, 0.4) is 0 Å². The highest BCUT2D eigenvalue weighted by atomic mass is 32.2. The van der Waals surface area contributed by atoms with Crippen molar-refractivity contribution >= 4 is 21.6 Å². The molecule has 1 amide bonds. The average Bonchev–Trinajstić information content (AvgIpc) is 3.18. The van der Waals surface area contributed by atoms with Crippen LogP contribution >= 0.6 is 0 Å². The molecule has 0 saturated carbocycles. The summed E-state index contributed by atoms with van der Waals surface area (Å²) >= 11 is 0. The zero-order valence-electron chi connectivity index (χ0n) is 16.5. The van der Waals surface area contributed by atoms with E-state index in [9.17, 15) is 18.3 Å². The molecule has 0 spiro atoms. The fourth-order valence-electron chi connectivity index (χ4n) is 4.20. The molecule has 1 saturated heterocycles. The smallest absolute Gasteiger partial charge is 0.243 e. The lowest BCUT2D eigenvalue weighted by Crippen LogP contribution is -2.41. The van der Waals surface area contributed by atoms with E-state index in [4.69, 9.17) is 0 Å². The lowest BCUT2D eigenvalue weighted by Gasteiger charge is -2.30. The zero-order valence-corrected chi connectivity index (χ0v) is 17.3. The summed E-state index contributed by atoms with van der Waals surface area (Å²) < 4.78 is 27.5. The van der Waals surface area contributed by atoms with Gasteiger partial charge in [-0.1, -0.05) is 12.1 Å². The van der Waals surface area contributed by atoms with Gasteiger partial charge in [0.25, 0.3) is 0 Å². The van der Waals surface area contributed by atoms with Crippen LogP contribution in [0.15, 0.2) is 41.3 Å². The van der Waals surface area contributed by atoms with E-state index in [1.54, 1.807) is 18.2 Å². The molecule has 1 heterocycles. The topological polar surface area (TPSA) is 86.7 Å². The number of phenolic OH excluding ortho intramolecular Hbond substituents is 1. The van der Waals surface area contributed by atoms with Gasteiger partial charge in [0.2, 0.25) is 15.9 Å². The van der Waals surface area contributed by atoms with Crippen molar-refractivity contribution in [3.05, 3.63) is 53.1 Å². The number of hydrogen-bond donors (Lipinski definition) is 2. The van der Waals surface area contributed by atoms with Gasteiger partial charge in [0.15, 0.2) is 0 Å². The van der Waals surface area contributed by atoms with Crippen molar-refractivity contribution in [2.75, 3.05) is 18.4 Å². The molecule has 2 aromatic rings. The quantitative estimate of drug-likeness (QED) is 0.752. The lowest BCUT2D eigenvalue weighted by atomic mass is 9.97. The number of nitrogens with one attached hydrogen (secondary N) is 1. The number of amides is 1. The predicted octanol–water partition coefficient (Wildman–Crippen LogP) is 3.23. The number of benzene rings is 2. The summed E-state index contributed by atoms with van der Waals surface area (Å²) in [5, 5.41) is 12.7. The van der Waals surface area contributed by atoms with Gasteiger partial charge in [-0.05, 0) is 80.0 Å². The van der Waals surface area contributed by atoms with E-state index in [1.807, 2.05) is 25.1 Å². The number of aryl methyl sites for hydroxylation is 3. The van der Waals surface area contributed by atoms with Crippen molar-refractivity contribution < 1.29 is 18.3 Å². The molecule has 6 nitrogen and oxygen atoms in total. The van der Waals surface area contributed by atoms with Gasteiger partial charge in [-0.15, -0.1) is 0 Å². The van der Waals surface area contributed by atoms with Gasteiger partial charge in [0.05, 0.1) is 10.6 Å². The largest absolute Gasteiger partial charge is 0.506 e. The lowest BCUT2D eigenvalue weighted by molar-refractivity contribution is -0.120. The van der Waals surface area contributed by atoms with Crippen molar-refractivity contribution in [3.8, 4) is 5.75 Å². The maximum absolute atomic E-state index is 13.0. The highest BCUT2D eigenvalue weighted by molar-refractivity contribution is 7.89. The summed E-state index contributed by atoms with van der Waals surface area (Å²) in [5.41, 5.74) is 3.68. The summed E-state index contributed by atoms with van der Waals surface area (Å²) in [6.45, 7) is 2.50. The van der Waals surface area contributed by atoms with Crippen molar-refractivity contribution in [2.24, 2.45) is 5.92 Å². The number of fused-ring (bicyclic) bond motifs is 1. The van der Waals surface area contributed by atoms with Gasteiger partial charge in [-0.2, -0.15) is 4.31 Å². The van der Waals surface area contributed by atoms with Crippen molar-refractivity contribution in [3.63, 3.8) is 0 Å². The second kappa shape index (κ2) is 7.80. The van der Waals surface area contributed by atoms with Gasteiger partial charge in [-0.25, -0.2) is 8.42 Å².